The zero-order chi connectivity index (χ0) is 26.5. The first-order valence-corrected chi connectivity index (χ1v) is 13.8. The van der Waals surface area contributed by atoms with E-state index >= 15 is 0 Å². The van der Waals surface area contributed by atoms with E-state index in [0.29, 0.717) is 12.2 Å². The Labute approximate surface area is 215 Å². The number of piperidine rings is 2. The van der Waals surface area contributed by atoms with Crippen LogP contribution in [0.1, 0.15) is 126 Å². The van der Waals surface area contributed by atoms with Crippen LogP contribution in [0.25, 0.3) is 0 Å². The molecule has 2 saturated heterocycles. The third-order valence-corrected chi connectivity index (χ3v) is 7.86. The van der Waals surface area contributed by atoms with Crippen molar-refractivity contribution < 1.29 is 19.3 Å². The largest absolute Gasteiger partial charge is 0.462 e. The summed E-state index contributed by atoms with van der Waals surface area (Å²) in [6.45, 7) is 21.8. The zero-order valence-corrected chi connectivity index (χ0v) is 24.2. The highest BCUT2D eigenvalue weighted by Gasteiger charge is 2.44. The van der Waals surface area contributed by atoms with E-state index in [2.05, 4.69) is 79.2 Å². The fourth-order valence-corrected chi connectivity index (χ4v) is 6.20. The molecule has 204 valence electrons. The molecule has 2 rings (SSSR count). The number of hydrogen-bond acceptors (Lipinski definition) is 6. The van der Waals surface area contributed by atoms with Crippen LogP contribution < -0.4 is 5.32 Å². The van der Waals surface area contributed by atoms with Gasteiger partial charge in [-0.05, 0) is 88.1 Å². The zero-order valence-electron chi connectivity index (χ0n) is 24.2. The Bertz CT molecular complexity index is 679. The minimum Gasteiger partial charge on any atom is -0.462 e. The molecule has 0 unspecified atom stereocenters. The lowest BCUT2D eigenvalue weighted by molar-refractivity contribution is -0.307. The van der Waals surface area contributed by atoms with E-state index in [9.17, 15) is 4.79 Å². The van der Waals surface area contributed by atoms with Crippen molar-refractivity contribution in [3.63, 3.8) is 0 Å². The van der Waals surface area contributed by atoms with Crippen LogP contribution in [-0.2, 0) is 19.3 Å². The Balaban J connectivity index is 1.53. The summed E-state index contributed by atoms with van der Waals surface area (Å²) in [4.78, 5) is 26.1. The van der Waals surface area contributed by atoms with Gasteiger partial charge in [0.15, 0.2) is 0 Å². The second-order valence-electron chi connectivity index (χ2n) is 13.6. The van der Waals surface area contributed by atoms with Gasteiger partial charge in [0.25, 0.3) is 0 Å². The molecule has 6 nitrogen and oxygen atoms in total. The van der Waals surface area contributed by atoms with Crippen LogP contribution in [0.15, 0.2) is 12.3 Å². The van der Waals surface area contributed by atoms with E-state index in [0.717, 1.165) is 64.2 Å². The Morgan fingerprint density at radius 2 is 1.29 bits per heavy atom. The fourth-order valence-electron chi connectivity index (χ4n) is 6.20. The Morgan fingerprint density at radius 3 is 1.83 bits per heavy atom. The van der Waals surface area contributed by atoms with Crippen molar-refractivity contribution in [1.29, 1.82) is 0 Å². The number of nitrogens with zero attached hydrogens (tertiary/aromatic N) is 1. The summed E-state index contributed by atoms with van der Waals surface area (Å²) in [5.41, 5.74) is 0.131. The van der Waals surface area contributed by atoms with Crippen LogP contribution in [-0.4, -0.2) is 52.3 Å². The van der Waals surface area contributed by atoms with Gasteiger partial charge in [-0.1, -0.05) is 25.8 Å². The normalized spacial score (nSPS) is 24.1. The molecule has 0 aromatic heterocycles. The highest BCUT2D eigenvalue weighted by atomic mass is 17.2. The van der Waals surface area contributed by atoms with Crippen LogP contribution in [0, 0.1) is 0 Å². The predicted molar refractivity (Wildman–Crippen MR) is 143 cm³/mol. The maximum Gasteiger partial charge on any atom is 0.306 e. The highest BCUT2D eigenvalue weighted by Crippen LogP contribution is 2.38. The van der Waals surface area contributed by atoms with Gasteiger partial charge in [0.1, 0.15) is 18.0 Å². The van der Waals surface area contributed by atoms with Crippen LogP contribution in [0.4, 0.5) is 0 Å². The fraction of sp³-hybridized carbons (Fsp3) is 0.897. The van der Waals surface area contributed by atoms with Gasteiger partial charge in [-0.15, -0.1) is 0 Å². The van der Waals surface area contributed by atoms with Crippen LogP contribution >= 0.6 is 0 Å². The molecule has 2 aliphatic rings. The Kier molecular flexibility index (Phi) is 10.3. The molecule has 2 heterocycles. The number of carbonyl (C=O) groups is 1. The number of hydrogen-bond donors (Lipinski definition) is 1. The average molecular weight is 495 g/mol. The standard InChI is InChI=1S/C29H54N2O4/c1-22(34-35-24-18-26(2,3)30-27(4,5)19-24)16-14-12-11-13-15-17-25(32)33-23-20-28(6,7)31(10)29(8,9)21-23/h23-24,30H,1,11-21H2,2-10H3. The van der Waals surface area contributed by atoms with E-state index in [1.54, 1.807) is 0 Å². The average Bonchev–Trinajstić information content (AvgIpc) is 2.67. The third-order valence-electron chi connectivity index (χ3n) is 7.86. The number of unbranched alkanes of at least 4 members (excludes halogenated alkanes) is 4. The first kappa shape index (κ1) is 30.1. The molecule has 2 aliphatic heterocycles. The number of nitrogens with one attached hydrogen (secondary N) is 1. The molecule has 0 spiro atoms. The summed E-state index contributed by atoms with van der Waals surface area (Å²) in [5, 5.41) is 3.65. The lowest BCUT2D eigenvalue weighted by Gasteiger charge is -2.53. The maximum absolute atomic E-state index is 12.4. The molecular formula is C29H54N2O4. The van der Waals surface area contributed by atoms with Gasteiger partial charge >= 0.3 is 5.97 Å². The van der Waals surface area contributed by atoms with Crippen molar-refractivity contribution in [3.05, 3.63) is 12.3 Å². The number of esters is 1. The monoisotopic (exact) mass is 494 g/mol. The van der Waals surface area contributed by atoms with Crippen molar-refractivity contribution in [2.75, 3.05) is 7.05 Å². The van der Waals surface area contributed by atoms with Gasteiger partial charge in [0.05, 0.1) is 0 Å². The number of carbonyl (C=O) groups excluding carboxylic acids is 1. The van der Waals surface area contributed by atoms with Gasteiger partial charge < -0.3 is 14.9 Å². The van der Waals surface area contributed by atoms with Crippen molar-refractivity contribution in [2.24, 2.45) is 0 Å². The first-order chi connectivity index (χ1) is 16.0. The van der Waals surface area contributed by atoms with Gasteiger partial charge in [-0.3, -0.25) is 9.69 Å². The highest BCUT2D eigenvalue weighted by molar-refractivity contribution is 5.69. The molecule has 0 aromatic rings. The van der Waals surface area contributed by atoms with E-state index in [-0.39, 0.29) is 40.3 Å². The molecule has 0 aromatic carbocycles. The molecular weight excluding hydrogens is 440 g/mol. The molecule has 35 heavy (non-hydrogen) atoms. The van der Waals surface area contributed by atoms with Crippen molar-refractivity contribution >= 4 is 5.97 Å². The third kappa shape index (κ3) is 10.0. The molecule has 0 aliphatic carbocycles. The van der Waals surface area contributed by atoms with Gasteiger partial charge in [-0.2, -0.15) is 4.89 Å². The summed E-state index contributed by atoms with van der Waals surface area (Å²) >= 11 is 0. The second-order valence-corrected chi connectivity index (χ2v) is 13.6. The van der Waals surface area contributed by atoms with Crippen LogP contribution in [0.3, 0.4) is 0 Å². The van der Waals surface area contributed by atoms with Crippen LogP contribution in [0.5, 0.6) is 0 Å². The van der Waals surface area contributed by atoms with Crippen molar-refractivity contribution in [3.8, 4) is 0 Å². The van der Waals surface area contributed by atoms with Crippen LogP contribution in [0.2, 0.25) is 0 Å². The minimum absolute atomic E-state index is 0.0129. The van der Waals surface area contributed by atoms with E-state index in [4.69, 9.17) is 14.5 Å². The van der Waals surface area contributed by atoms with Crippen molar-refractivity contribution in [1.82, 2.24) is 10.2 Å². The number of rotatable bonds is 12. The quantitative estimate of drug-likeness (QED) is 0.107. The molecule has 2 fully saturated rings. The second kappa shape index (κ2) is 12.0. The Morgan fingerprint density at radius 1 is 0.800 bits per heavy atom. The van der Waals surface area contributed by atoms with Gasteiger partial charge in [0.2, 0.25) is 0 Å². The molecule has 0 saturated carbocycles. The summed E-state index contributed by atoms with van der Waals surface area (Å²) in [6, 6.07) is 0. The number of likely N-dealkylation sites (tertiary alicyclic amines) is 1. The Hall–Kier alpha value is -1.11. The summed E-state index contributed by atoms with van der Waals surface area (Å²) in [7, 11) is 2.17. The topological polar surface area (TPSA) is 60.0 Å². The molecule has 0 radical (unpaired) electrons. The molecule has 6 heteroatoms. The van der Waals surface area contributed by atoms with E-state index in [1.165, 1.54) is 0 Å². The minimum atomic E-state index is -0.0469. The van der Waals surface area contributed by atoms with Gasteiger partial charge in [-0.25, -0.2) is 0 Å². The summed E-state index contributed by atoms with van der Waals surface area (Å²) in [5.74, 6) is 0.654. The lowest BCUT2D eigenvalue weighted by Crippen LogP contribution is -2.60. The first-order valence-electron chi connectivity index (χ1n) is 13.8. The molecule has 0 atom stereocenters. The maximum atomic E-state index is 12.4. The SMILES string of the molecule is C=C(CCCCCCCC(=O)OC1CC(C)(C)N(C)C(C)(C)C1)OOC1CC(C)(C)NC(C)(C)C1. The summed E-state index contributed by atoms with van der Waals surface area (Å²) in [6.07, 6.45) is 10.2. The summed E-state index contributed by atoms with van der Waals surface area (Å²) < 4.78 is 5.86. The number of allylic oxidation sites excluding steroid dienone is 1. The predicted octanol–water partition coefficient (Wildman–Crippen LogP) is 6.68. The molecule has 0 amide bonds. The van der Waals surface area contributed by atoms with E-state index in [1.807, 2.05) is 0 Å². The lowest BCUT2D eigenvalue weighted by atomic mass is 9.79. The smallest absolute Gasteiger partial charge is 0.306 e. The van der Waals surface area contributed by atoms with E-state index < -0.39 is 0 Å². The number of ether oxygens (including phenoxy) is 1. The molecule has 1 N–H and O–H groups in total. The van der Waals surface area contributed by atoms with Crippen molar-refractivity contribution in [2.45, 2.75) is 160 Å². The molecule has 0 bridgehead atoms. The van der Waals surface area contributed by atoms with Gasteiger partial charge in [0, 0.05) is 47.8 Å².